The van der Waals surface area contributed by atoms with Crippen molar-refractivity contribution in [2.24, 2.45) is 11.3 Å². The zero-order chi connectivity index (χ0) is 24.8. The fraction of sp³-hybridized carbons (Fsp3) is 0.542. The number of aryl methyl sites for hydroxylation is 2. The number of amides is 1. The zero-order valence-electron chi connectivity index (χ0n) is 19.3. The van der Waals surface area contributed by atoms with E-state index in [9.17, 15) is 18.0 Å². The number of halogens is 3. The van der Waals surface area contributed by atoms with Crippen molar-refractivity contribution in [3.63, 3.8) is 0 Å². The van der Waals surface area contributed by atoms with Crippen LogP contribution in [-0.4, -0.2) is 55.3 Å². The lowest BCUT2D eigenvalue weighted by atomic mass is 9.34. The van der Waals surface area contributed by atoms with Crippen molar-refractivity contribution in [2.45, 2.75) is 69.6 Å². The number of carbonyl (C=O) groups is 1. The average molecular weight is 485 g/mol. The minimum atomic E-state index is -4.21. The molecule has 0 unspecified atom stereocenters. The minimum Gasteiger partial charge on any atom is -0.373 e. The van der Waals surface area contributed by atoms with Crippen LogP contribution in [0.25, 0.3) is 11.2 Å². The summed E-state index contributed by atoms with van der Waals surface area (Å²) in [4.78, 5) is 30.5. The van der Waals surface area contributed by atoms with Crippen LogP contribution in [0.3, 0.4) is 0 Å². The Hall–Kier alpha value is -3.17. The molecule has 2 aromatic heterocycles. The van der Waals surface area contributed by atoms with Gasteiger partial charge in [-0.3, -0.25) is 0 Å². The summed E-state index contributed by atoms with van der Waals surface area (Å²) in [6.45, 7) is 4.10. The van der Waals surface area contributed by atoms with Crippen molar-refractivity contribution >= 4 is 22.9 Å². The molecule has 0 radical (unpaired) electrons. The van der Waals surface area contributed by atoms with E-state index in [1.54, 1.807) is 6.08 Å². The Kier molecular flexibility index (Phi) is 4.57. The smallest absolute Gasteiger partial charge is 0.373 e. The maximum Gasteiger partial charge on any atom is 0.449 e. The summed E-state index contributed by atoms with van der Waals surface area (Å²) in [5.41, 5.74) is 1.37. The van der Waals surface area contributed by atoms with Crippen LogP contribution in [0.5, 0.6) is 0 Å². The van der Waals surface area contributed by atoms with Gasteiger partial charge in [0.1, 0.15) is 11.3 Å². The monoisotopic (exact) mass is 485 g/mol. The first kappa shape index (κ1) is 22.3. The van der Waals surface area contributed by atoms with Gasteiger partial charge >= 0.3 is 12.1 Å². The molecule has 3 aliphatic carbocycles. The second kappa shape index (κ2) is 7.18. The van der Waals surface area contributed by atoms with Crippen molar-refractivity contribution in [3.8, 4) is 0 Å². The highest BCUT2D eigenvalue weighted by Gasteiger charge is 2.79. The van der Waals surface area contributed by atoms with Crippen LogP contribution in [0, 0.1) is 19.3 Å². The van der Waals surface area contributed by atoms with E-state index >= 15 is 0 Å². The fourth-order valence-corrected chi connectivity index (χ4v) is 5.92. The minimum absolute atomic E-state index is 0.0348. The number of nitrogens with zero attached hydrogens (tertiary/aromatic N) is 5. The molecule has 1 saturated heterocycles. The fourth-order valence-electron chi connectivity index (χ4n) is 5.92. The predicted octanol–water partition coefficient (Wildman–Crippen LogP) is 2.86. The Morgan fingerprint density at radius 3 is 2.51 bits per heavy atom. The number of nitrogens with two attached hydrogens (primary N) is 1. The van der Waals surface area contributed by atoms with E-state index in [2.05, 4.69) is 15.8 Å². The molecule has 4 fully saturated rings. The second-order valence-electron chi connectivity index (χ2n) is 10.3. The van der Waals surface area contributed by atoms with Crippen LogP contribution in [-0.2, 0) is 14.9 Å². The summed E-state index contributed by atoms with van der Waals surface area (Å²) >= 11 is 0. The molecular weight excluding hydrogens is 461 g/mol. The normalized spacial score (nSPS) is 32.1. The summed E-state index contributed by atoms with van der Waals surface area (Å²) in [7, 11) is 0. The molecule has 2 atom stereocenters. The van der Waals surface area contributed by atoms with Gasteiger partial charge in [0.15, 0.2) is 5.65 Å². The van der Waals surface area contributed by atoms with Gasteiger partial charge in [-0.25, -0.2) is 24.7 Å². The molecule has 182 valence electrons. The van der Waals surface area contributed by atoms with Crippen LogP contribution in [0.4, 0.5) is 13.2 Å². The third-order valence-electron chi connectivity index (χ3n) is 7.98. The number of rotatable bonds is 3. The van der Waals surface area contributed by atoms with Crippen LogP contribution in [0.2, 0.25) is 0 Å². The number of hydrogen-bond donors (Lipinski definition) is 1. The SMILES string of the molecule is Cc1nc2nc([C@H]3CCO[C@@H](C4=C=[N+](N)C(=O)C=C4)C3)nc(C34CC(C(F)(F)F)(C3)C4)c2nc1C. The Morgan fingerprint density at radius 1 is 1.11 bits per heavy atom. The Labute approximate surface area is 198 Å². The largest absolute Gasteiger partial charge is 0.449 e. The molecule has 0 spiro atoms. The molecule has 2 aliphatic heterocycles. The number of hydrazine groups is 1. The number of fused-ring (bicyclic) bond motifs is 1. The molecule has 3 saturated carbocycles. The van der Waals surface area contributed by atoms with Gasteiger partial charge in [0.25, 0.3) is 0 Å². The Bertz CT molecular complexity index is 1370. The van der Waals surface area contributed by atoms with Crippen molar-refractivity contribution in [3.05, 3.63) is 40.6 Å². The summed E-state index contributed by atoms with van der Waals surface area (Å²) in [5.74, 6) is 8.57. The first-order valence-corrected chi connectivity index (χ1v) is 11.6. The van der Waals surface area contributed by atoms with E-state index in [0.29, 0.717) is 53.4 Å². The van der Waals surface area contributed by atoms with E-state index in [4.69, 9.17) is 20.5 Å². The summed E-state index contributed by atoms with van der Waals surface area (Å²) in [6.07, 6.45) is -0.277. The second-order valence-corrected chi connectivity index (χ2v) is 10.3. The average Bonchev–Trinajstić information content (AvgIpc) is 2.74. The van der Waals surface area contributed by atoms with Gasteiger partial charge in [0, 0.05) is 22.6 Å². The van der Waals surface area contributed by atoms with Crippen LogP contribution in [0.15, 0.2) is 17.7 Å². The number of carbonyl (C=O) groups excluding carboxylic acids is 1. The van der Waals surface area contributed by atoms with Gasteiger partial charge in [-0.1, -0.05) is 0 Å². The number of aromatic nitrogens is 4. The van der Waals surface area contributed by atoms with E-state index in [-0.39, 0.29) is 37.2 Å². The van der Waals surface area contributed by atoms with E-state index in [1.807, 2.05) is 13.8 Å². The number of hydrazone groups is 1. The quantitative estimate of drug-likeness (QED) is 0.405. The van der Waals surface area contributed by atoms with E-state index in [0.717, 1.165) is 10.4 Å². The van der Waals surface area contributed by atoms with Crippen LogP contribution < -0.4 is 5.84 Å². The highest BCUT2D eigenvalue weighted by molar-refractivity contribution is 5.86. The maximum absolute atomic E-state index is 13.6. The van der Waals surface area contributed by atoms with Crippen LogP contribution >= 0.6 is 0 Å². The van der Waals surface area contributed by atoms with Gasteiger partial charge in [-0.15, -0.1) is 0 Å². The molecular formula is C24H24F3N6O2+. The maximum atomic E-state index is 13.6. The van der Waals surface area contributed by atoms with E-state index in [1.165, 1.54) is 6.08 Å². The Morgan fingerprint density at radius 2 is 1.83 bits per heavy atom. The molecule has 0 aromatic carbocycles. The van der Waals surface area contributed by atoms with Gasteiger partial charge in [0.05, 0.1) is 40.2 Å². The number of alkyl halides is 3. The standard InChI is InChI=1S/C24H24F3N6O2/c1-12-13(2)30-21-18(29-12)19(22-9-23(10-22,11-22)24(25,26)27)31-20(32-21)14-5-6-35-16(7-14)15-3-4-17(34)33(28)8-15/h3-4,14,16H,5-7,9-11,28H2,1-2H3/q+1/t14-,16+,22?,23?/m0/s1. The lowest BCUT2D eigenvalue weighted by molar-refractivity contribution is -0.448. The number of ether oxygens (including phenoxy) is 1. The third-order valence-corrected chi connectivity index (χ3v) is 7.98. The molecule has 5 aliphatic rings. The van der Waals surface area contributed by atoms with Gasteiger partial charge < -0.3 is 4.74 Å². The summed E-state index contributed by atoms with van der Waals surface area (Å²) < 4.78 is 47.5. The summed E-state index contributed by atoms with van der Waals surface area (Å²) in [5, 5.41) is 0. The highest BCUT2D eigenvalue weighted by atomic mass is 19.4. The van der Waals surface area contributed by atoms with Crippen molar-refractivity contribution < 1.29 is 27.4 Å². The lowest BCUT2D eigenvalue weighted by Crippen LogP contribution is -2.70. The summed E-state index contributed by atoms with van der Waals surface area (Å²) in [6, 6.07) is 0. The first-order valence-electron chi connectivity index (χ1n) is 11.6. The molecule has 11 heteroatoms. The van der Waals surface area contributed by atoms with Crippen molar-refractivity contribution in [1.29, 1.82) is 0 Å². The van der Waals surface area contributed by atoms with Crippen molar-refractivity contribution in [2.75, 3.05) is 6.61 Å². The van der Waals surface area contributed by atoms with Gasteiger partial charge in [-0.05, 0) is 52.0 Å². The lowest BCUT2D eigenvalue weighted by Gasteiger charge is -2.70. The predicted molar refractivity (Wildman–Crippen MR) is 117 cm³/mol. The van der Waals surface area contributed by atoms with Gasteiger partial charge in [-0.2, -0.15) is 19.0 Å². The molecule has 8 nitrogen and oxygen atoms in total. The molecule has 2 aromatic rings. The molecule has 35 heavy (non-hydrogen) atoms. The number of hydrogen-bond acceptors (Lipinski definition) is 7. The topological polar surface area (TPSA) is 107 Å². The molecule has 2 bridgehead atoms. The molecule has 4 heterocycles. The zero-order valence-corrected chi connectivity index (χ0v) is 19.3. The molecule has 7 rings (SSSR count). The van der Waals surface area contributed by atoms with E-state index < -0.39 is 17.0 Å². The van der Waals surface area contributed by atoms with Crippen molar-refractivity contribution in [1.82, 2.24) is 19.9 Å². The Balaban J connectivity index is 1.39. The molecule has 2 N–H and O–H groups in total. The highest BCUT2D eigenvalue weighted by Crippen LogP contribution is 2.78. The van der Waals surface area contributed by atoms with Gasteiger partial charge in [0.2, 0.25) is 5.87 Å². The first-order chi connectivity index (χ1) is 16.5. The third kappa shape index (κ3) is 3.25. The van der Waals surface area contributed by atoms with Crippen LogP contribution in [0.1, 0.15) is 60.9 Å². The molecule has 1 amide bonds.